The minimum absolute atomic E-state index is 0.0970. The number of piperidine rings is 2. The molecule has 11 aromatic rings. The molecular weight excluding hydrogens is 1850 g/mol. The van der Waals surface area contributed by atoms with Gasteiger partial charge in [0.25, 0.3) is 23.6 Å². The number of imide groups is 4. The Morgan fingerprint density at radius 2 is 0.838 bits per heavy atom. The predicted octanol–water partition coefficient (Wildman–Crippen LogP) is 18.8. The van der Waals surface area contributed by atoms with Crippen molar-refractivity contribution in [3.05, 3.63) is 248 Å². The molecule has 598 valence electrons. The molecule has 117 heavy (non-hydrogen) atoms. The van der Waals surface area contributed by atoms with Crippen molar-refractivity contribution < 1.29 is 57.7 Å². The van der Waals surface area contributed by atoms with Gasteiger partial charge in [-0.25, -0.2) is 0 Å². The molecule has 4 fully saturated rings. The number of halogens is 5. The molecule has 0 bridgehead atoms. The van der Waals surface area contributed by atoms with E-state index in [0.29, 0.717) is 28.9 Å². The van der Waals surface area contributed by atoms with Crippen LogP contribution >= 0.6 is 102 Å². The smallest absolute Gasteiger partial charge is 0.369 e. The predicted molar refractivity (Wildman–Crippen MR) is 477 cm³/mol. The Morgan fingerprint density at radius 1 is 0.427 bits per heavy atom. The van der Waals surface area contributed by atoms with Crippen molar-refractivity contribution in [3.63, 3.8) is 0 Å². The van der Waals surface area contributed by atoms with Gasteiger partial charge in [-0.2, -0.15) is 0 Å². The molecule has 0 aliphatic carbocycles. The summed E-state index contributed by atoms with van der Waals surface area (Å²) < 4.78 is 23.7. The third-order valence-electron chi connectivity index (χ3n) is 21.7. The highest BCUT2D eigenvalue weighted by molar-refractivity contribution is 9.69. The van der Waals surface area contributed by atoms with E-state index < -0.39 is 47.5 Å². The molecule has 17 rings (SSSR count). The number of thiophene rings is 2. The topological polar surface area (TPSA) is 228 Å². The second kappa shape index (κ2) is 37.7. The molecule has 8 heterocycles. The Bertz CT molecular complexity index is 5550. The number of phenolic OH excluding ortho intramolecular Hbond substituents is 1. The quantitative estimate of drug-likeness (QED) is 0.0307. The number of piperazine rings is 2. The zero-order valence-corrected chi connectivity index (χ0v) is 73.0. The monoisotopic (exact) mass is 1920 g/mol. The zero-order chi connectivity index (χ0) is 81.4. The van der Waals surface area contributed by atoms with Crippen LogP contribution in [0, 0.1) is 0 Å². The van der Waals surface area contributed by atoms with E-state index in [1.165, 1.54) is 11.1 Å². The summed E-state index contributed by atoms with van der Waals surface area (Å²) in [5, 5.41) is 16.6. The molecule has 2 atom stereocenters. The lowest BCUT2D eigenvalue weighted by Crippen LogP contribution is -2.54. The Hall–Kier alpha value is -9.36. The highest BCUT2D eigenvalue weighted by Crippen LogP contribution is 2.50. The third-order valence-corrected chi connectivity index (χ3v) is 25.1. The molecule has 9 aromatic carbocycles. The molecule has 4 saturated heterocycles. The molecule has 6 aliphatic heterocycles. The lowest BCUT2D eigenvalue weighted by molar-refractivity contribution is -0.137. The Kier molecular flexibility index (Phi) is 26.7. The molecule has 2 unspecified atom stereocenters. The van der Waals surface area contributed by atoms with E-state index in [2.05, 4.69) is 206 Å². The van der Waals surface area contributed by atoms with Crippen LogP contribution in [0.2, 0.25) is 0 Å². The van der Waals surface area contributed by atoms with Crippen molar-refractivity contribution in [3.8, 4) is 55.4 Å². The third kappa shape index (κ3) is 19.7. The molecule has 28 heteroatoms. The first-order chi connectivity index (χ1) is 56.7. The van der Waals surface area contributed by atoms with Crippen molar-refractivity contribution in [1.29, 1.82) is 0 Å². The number of aryl methyl sites for hydroxylation is 2. The summed E-state index contributed by atoms with van der Waals surface area (Å²) in [6.07, 6.45) is 6.73. The summed E-state index contributed by atoms with van der Waals surface area (Å²) in [6, 6.07) is 63.8. The first-order valence-corrected chi connectivity index (χ1v) is 44.8. The number of amides is 8. The van der Waals surface area contributed by atoms with E-state index in [0.717, 1.165) is 209 Å². The standard InChI is InChI=1S/C48H43BrN4O6S.C41H37BrN4O6S.BBr3/c49-34-13-11-33(12-14-34)45-44(39-20-18-37(29-42(39)60-45)58-30-32-7-2-1-3-8-32)59-36-16-9-31(10-17-36)6-4-5-23-51-24-26-52(27-25-51)35-15-19-38-40(28-35)48(57)53(47(38)56)41-21-22-43(54)50-46(41)55;42-27-8-6-26(7-9-27)38-37(32-15-11-29(47)24-35(32)53-38)52-30-12-4-25(5-13-30)3-1-2-18-44-19-21-45(22-20-44)28-10-14-31-33(23-28)41(51)46(40(31)50)34-16-17-36(48)43-39(34)49;2-1(3)4/h1-3,7-20,28-29,41H,4-6,21-27,30H2,(H,50,54,55);4-15,23-24,34,47H,1-3,16-22H2,(H,43,48,49);. The average Bonchev–Trinajstić information content (AvgIpc) is 1.62. The molecule has 2 aromatic heterocycles. The van der Waals surface area contributed by atoms with Crippen LogP contribution in [0.4, 0.5) is 11.4 Å². The average molecular weight is 1930 g/mol. The van der Waals surface area contributed by atoms with Crippen LogP contribution in [0.1, 0.15) is 109 Å². The number of fused-ring (bicyclic) bond motifs is 4. The largest absolute Gasteiger partial charge is 0.508 e. The first-order valence-electron chi connectivity index (χ1n) is 38.8. The molecule has 0 saturated carbocycles. The molecule has 6 aliphatic rings. The number of hydrogen-bond donors (Lipinski definition) is 3. The second-order valence-corrected chi connectivity index (χ2v) is 39.7. The number of benzene rings is 9. The second-order valence-electron chi connectivity index (χ2n) is 29.3. The van der Waals surface area contributed by atoms with E-state index in [9.17, 15) is 43.5 Å². The summed E-state index contributed by atoms with van der Waals surface area (Å²) in [5.41, 5.74) is 8.81. The van der Waals surface area contributed by atoms with Gasteiger partial charge in [-0.15, -0.1) is 69.9 Å². The number of rotatable bonds is 23. The van der Waals surface area contributed by atoms with Gasteiger partial charge in [-0.05, 0) is 214 Å². The van der Waals surface area contributed by atoms with Crippen molar-refractivity contribution in [1.82, 2.24) is 30.2 Å². The highest BCUT2D eigenvalue weighted by atomic mass is 79.9. The molecule has 3 N–H and O–H groups in total. The summed E-state index contributed by atoms with van der Waals surface area (Å²) in [6.45, 7) is 9.37. The van der Waals surface area contributed by atoms with Crippen LogP contribution in [-0.2, 0) is 38.6 Å². The maximum absolute atomic E-state index is 13.3. The van der Waals surface area contributed by atoms with Gasteiger partial charge in [0.05, 0.1) is 32.0 Å². The fraction of sp³-hybridized carbons (Fsp3) is 0.258. The number of anilines is 2. The summed E-state index contributed by atoms with van der Waals surface area (Å²) in [5.74, 6) is 0.346. The lowest BCUT2D eigenvalue weighted by Gasteiger charge is -2.36. The summed E-state index contributed by atoms with van der Waals surface area (Å²) in [7, 11) is 0. The van der Waals surface area contributed by atoms with Crippen LogP contribution in [0.15, 0.2) is 209 Å². The maximum atomic E-state index is 13.3. The normalized spacial score (nSPS) is 17.0. The van der Waals surface area contributed by atoms with Crippen molar-refractivity contribution >= 4 is 184 Å². The minimum atomic E-state index is -0.966. The van der Waals surface area contributed by atoms with Crippen molar-refractivity contribution in [2.75, 3.05) is 75.2 Å². The number of aromatic hydroxyl groups is 1. The lowest BCUT2D eigenvalue weighted by atomic mass is 10.0. The number of carbonyl (C=O) groups is 8. The Balaban J connectivity index is 0.000000177. The molecule has 0 radical (unpaired) electrons. The maximum Gasteiger partial charge on any atom is 0.369 e. The molecule has 20 nitrogen and oxygen atoms in total. The van der Waals surface area contributed by atoms with Crippen molar-refractivity contribution in [2.24, 2.45) is 0 Å². The fourth-order valence-electron chi connectivity index (χ4n) is 15.5. The molecular formula is C89H80BBr5N8O12S2. The van der Waals surface area contributed by atoms with E-state index in [4.69, 9.17) is 14.2 Å². The van der Waals surface area contributed by atoms with Crippen LogP contribution in [-0.4, -0.2) is 153 Å². The number of nitrogens with zero attached hydrogens (tertiary/aromatic N) is 6. The van der Waals surface area contributed by atoms with Gasteiger partial charge in [0.1, 0.15) is 41.7 Å². The number of unbranched alkanes of at least 4 members (excludes halogenated alkanes) is 2. The van der Waals surface area contributed by atoms with Crippen LogP contribution in [0.3, 0.4) is 0 Å². The highest BCUT2D eigenvalue weighted by Gasteiger charge is 2.47. The molecule has 0 spiro atoms. The SMILES string of the molecule is BrB(Br)Br.O=C1CCC(N2C(=O)c3ccc(N4CCN(CCCCc5ccc(Oc6c(-c7ccc(Br)cc7)sc7cc(O)ccc67)cc5)CC4)cc3C2=O)C(=O)N1.O=C1CCC(N2C(=O)c3ccc(N4CCN(CCCCc5ccc(Oc6c(-c7ccc(Br)cc7)sc7cc(OCc8ccccc8)ccc67)cc5)CC4)cc3C2=O)C(=O)N1. The Labute approximate surface area is 727 Å². The van der Waals surface area contributed by atoms with E-state index in [-0.39, 0.29) is 46.4 Å². The number of phenols is 1. The van der Waals surface area contributed by atoms with Gasteiger partial charge in [0.2, 0.25) is 23.6 Å². The zero-order valence-electron chi connectivity index (χ0n) is 63.5. The van der Waals surface area contributed by atoms with Gasteiger partial charge in [-0.1, -0.05) is 111 Å². The van der Waals surface area contributed by atoms with Gasteiger partial charge in [-0.3, -0.25) is 68.6 Å². The first kappa shape index (κ1) is 82.7. The number of carbonyl (C=O) groups excluding carboxylic acids is 8. The van der Waals surface area contributed by atoms with Crippen LogP contribution in [0.25, 0.3) is 41.1 Å². The summed E-state index contributed by atoms with van der Waals surface area (Å²) >= 11 is 19.7. The van der Waals surface area contributed by atoms with Gasteiger partial charge in [0.15, 0.2) is 11.5 Å². The van der Waals surface area contributed by atoms with E-state index in [1.807, 2.05) is 66.7 Å². The number of nitrogens with one attached hydrogen (secondary N) is 2. The van der Waals surface area contributed by atoms with Crippen LogP contribution in [0.5, 0.6) is 34.5 Å². The fourth-order valence-corrected chi connectivity index (χ4v) is 18.4. The van der Waals surface area contributed by atoms with Crippen molar-refractivity contribution in [2.45, 2.75) is 82.9 Å². The van der Waals surface area contributed by atoms with Gasteiger partial charge < -0.3 is 29.1 Å². The van der Waals surface area contributed by atoms with E-state index in [1.54, 1.807) is 59.1 Å². The Morgan fingerprint density at radius 3 is 1.27 bits per heavy atom. The minimum Gasteiger partial charge on any atom is -0.508 e. The van der Waals surface area contributed by atoms with E-state index >= 15 is 0 Å². The molecule has 8 amide bonds. The van der Waals surface area contributed by atoms with Gasteiger partial charge >= 0.3 is 3.18 Å². The van der Waals surface area contributed by atoms with Crippen LogP contribution < -0.4 is 34.6 Å². The number of ether oxygens (including phenoxy) is 3. The number of hydrogen-bond acceptors (Lipinski definition) is 18. The van der Waals surface area contributed by atoms with Gasteiger partial charge in [0, 0.05) is 106 Å². The summed E-state index contributed by atoms with van der Waals surface area (Å²) in [4.78, 5) is 114.